The van der Waals surface area contributed by atoms with E-state index in [9.17, 15) is 25.0 Å². The van der Waals surface area contributed by atoms with Crippen LogP contribution in [0.2, 0.25) is 0 Å². The molecule has 28 heavy (non-hydrogen) atoms. The lowest BCUT2D eigenvalue weighted by Gasteiger charge is -2.18. The van der Waals surface area contributed by atoms with Crippen molar-refractivity contribution < 1.29 is 33.9 Å². The zero-order chi connectivity index (χ0) is 20.5. The molecule has 3 aromatic rings. The molecule has 0 aliphatic heterocycles. The highest BCUT2D eigenvalue weighted by atomic mass is 31.2. The summed E-state index contributed by atoms with van der Waals surface area (Å²) in [6, 6.07) is 7.84. The second-order valence-corrected chi connectivity index (χ2v) is 8.22. The minimum atomic E-state index is -3.11. The second-order valence-electron chi connectivity index (χ2n) is 6.01. The van der Waals surface area contributed by atoms with Gasteiger partial charge in [-0.2, -0.15) is 0 Å². The molecule has 3 rings (SSSR count). The molecule has 1 unspecified atom stereocenters. The highest BCUT2D eigenvalue weighted by Crippen LogP contribution is 2.42. The number of ether oxygens (including phenoxy) is 1. The minimum absolute atomic E-state index is 0.0464. The van der Waals surface area contributed by atoms with E-state index in [1.165, 1.54) is 36.4 Å². The molecule has 0 saturated heterocycles. The molecule has 1 heterocycles. The first-order valence-corrected chi connectivity index (χ1v) is 10.3. The van der Waals surface area contributed by atoms with Gasteiger partial charge in [0.05, 0.1) is 12.0 Å². The normalized spacial score (nSPS) is 13.4. The van der Waals surface area contributed by atoms with Gasteiger partial charge in [0.25, 0.3) is 0 Å². The van der Waals surface area contributed by atoms with Gasteiger partial charge in [0.2, 0.25) is 11.2 Å². The Bertz CT molecular complexity index is 1130. The Labute approximate surface area is 160 Å². The molecule has 1 atom stereocenters. The van der Waals surface area contributed by atoms with E-state index in [4.69, 9.17) is 13.7 Å². The van der Waals surface area contributed by atoms with Gasteiger partial charge in [-0.3, -0.25) is 4.79 Å². The molecule has 0 amide bonds. The maximum atomic E-state index is 13.0. The average molecular weight is 406 g/mol. The molecule has 1 aromatic heterocycles. The molecular weight excluding hydrogens is 387 g/mol. The van der Waals surface area contributed by atoms with Crippen molar-refractivity contribution in [1.82, 2.24) is 0 Å². The first kappa shape index (κ1) is 19.8. The van der Waals surface area contributed by atoms with Crippen molar-refractivity contribution in [2.45, 2.75) is 6.92 Å². The Morgan fingerprint density at radius 2 is 1.86 bits per heavy atom. The Morgan fingerprint density at radius 3 is 2.54 bits per heavy atom. The van der Waals surface area contributed by atoms with Crippen molar-refractivity contribution in [3.63, 3.8) is 0 Å². The molecule has 0 aliphatic rings. The number of benzene rings is 2. The van der Waals surface area contributed by atoms with Gasteiger partial charge in [-0.25, -0.2) is 0 Å². The van der Waals surface area contributed by atoms with E-state index in [1.54, 1.807) is 6.92 Å². The van der Waals surface area contributed by atoms with E-state index in [0.29, 0.717) is 0 Å². The summed E-state index contributed by atoms with van der Waals surface area (Å²) in [6.45, 7) is 1.92. The third-order valence-corrected chi connectivity index (χ3v) is 5.12. The molecule has 4 N–H and O–H groups in total. The molecule has 0 bridgehead atoms. The largest absolute Gasteiger partial charge is 0.508 e. The Hall–Kier alpha value is -2.93. The standard InChI is InChI=1S/C19H19O8P/c1-3-26-28(2,24)10-25-19-17(23)13-6-5-12(20)9-16(13)27-18(19)11-4-7-14(21)15(22)8-11/h4-9,20-22,24H,2-3,10H2,1H3. The van der Waals surface area contributed by atoms with Crippen LogP contribution in [-0.4, -0.2) is 39.5 Å². The van der Waals surface area contributed by atoms with Crippen molar-refractivity contribution in [3.05, 3.63) is 46.6 Å². The van der Waals surface area contributed by atoms with Crippen LogP contribution in [0.5, 0.6) is 23.0 Å². The molecule has 148 valence electrons. The summed E-state index contributed by atoms with van der Waals surface area (Å²) in [5.74, 6) is -1.13. The van der Waals surface area contributed by atoms with Crippen molar-refractivity contribution >= 4 is 24.6 Å². The van der Waals surface area contributed by atoms with Crippen LogP contribution in [0.3, 0.4) is 0 Å². The fourth-order valence-electron chi connectivity index (χ4n) is 2.59. The first-order chi connectivity index (χ1) is 13.2. The molecule has 8 nitrogen and oxygen atoms in total. The van der Waals surface area contributed by atoms with Crippen LogP contribution in [0.25, 0.3) is 22.3 Å². The lowest BCUT2D eigenvalue weighted by Crippen LogP contribution is -2.12. The van der Waals surface area contributed by atoms with Gasteiger partial charge in [-0.15, -0.1) is 0 Å². The van der Waals surface area contributed by atoms with Crippen LogP contribution in [0.4, 0.5) is 0 Å². The van der Waals surface area contributed by atoms with Gasteiger partial charge < -0.3 is 33.9 Å². The summed E-state index contributed by atoms with van der Waals surface area (Å²) in [5.41, 5.74) is -0.195. The van der Waals surface area contributed by atoms with Gasteiger partial charge in [-0.1, -0.05) is 0 Å². The number of phenolic OH excluding ortho intramolecular Hbond substituents is 3. The number of rotatable bonds is 6. The highest BCUT2D eigenvalue weighted by Gasteiger charge is 2.21. The lowest BCUT2D eigenvalue weighted by molar-refractivity contribution is 0.283. The van der Waals surface area contributed by atoms with Gasteiger partial charge in [0.15, 0.2) is 30.9 Å². The van der Waals surface area contributed by atoms with Gasteiger partial charge in [0.1, 0.15) is 11.3 Å². The second kappa shape index (κ2) is 7.59. The molecular formula is C19H19O8P. The van der Waals surface area contributed by atoms with Crippen LogP contribution >= 0.6 is 7.34 Å². The zero-order valence-corrected chi connectivity index (χ0v) is 15.8. The molecule has 0 radical (unpaired) electrons. The molecule has 2 aromatic carbocycles. The van der Waals surface area contributed by atoms with E-state index in [-0.39, 0.29) is 52.5 Å². The molecule has 0 aliphatic carbocycles. The van der Waals surface area contributed by atoms with Crippen LogP contribution in [-0.2, 0) is 4.52 Å². The van der Waals surface area contributed by atoms with Crippen LogP contribution in [0.15, 0.2) is 45.6 Å². The van der Waals surface area contributed by atoms with Gasteiger partial charge in [-0.05, 0) is 43.6 Å². The summed E-state index contributed by atoms with van der Waals surface area (Å²) in [7, 11) is -3.11. The summed E-state index contributed by atoms with van der Waals surface area (Å²) >= 11 is 0. The Morgan fingerprint density at radius 1 is 1.11 bits per heavy atom. The van der Waals surface area contributed by atoms with Crippen molar-refractivity contribution in [3.8, 4) is 34.3 Å². The van der Waals surface area contributed by atoms with Crippen molar-refractivity contribution in [2.24, 2.45) is 0 Å². The summed E-state index contributed by atoms with van der Waals surface area (Å²) < 4.78 is 16.5. The fourth-order valence-corrected chi connectivity index (χ4v) is 3.48. The van der Waals surface area contributed by atoms with E-state index in [1.807, 2.05) is 0 Å². The average Bonchev–Trinajstić information content (AvgIpc) is 2.62. The van der Waals surface area contributed by atoms with Gasteiger partial charge >= 0.3 is 0 Å². The van der Waals surface area contributed by atoms with Crippen molar-refractivity contribution in [1.29, 1.82) is 0 Å². The Balaban J connectivity index is 2.19. The van der Waals surface area contributed by atoms with Crippen LogP contribution in [0.1, 0.15) is 6.92 Å². The van der Waals surface area contributed by atoms with Crippen LogP contribution in [0, 0.1) is 0 Å². The monoisotopic (exact) mass is 406 g/mol. The van der Waals surface area contributed by atoms with Crippen LogP contribution < -0.4 is 10.2 Å². The number of aromatic hydroxyl groups is 3. The molecule has 0 spiro atoms. The summed E-state index contributed by atoms with van der Waals surface area (Å²) in [6.07, 6.45) is 3.23. The van der Waals surface area contributed by atoms with Gasteiger partial charge in [0, 0.05) is 11.6 Å². The number of hydrogen-bond donors (Lipinski definition) is 4. The molecule has 0 saturated carbocycles. The highest BCUT2D eigenvalue weighted by molar-refractivity contribution is 7.63. The molecule has 9 heteroatoms. The zero-order valence-electron chi connectivity index (χ0n) is 15.0. The third-order valence-electron chi connectivity index (χ3n) is 3.85. The number of fused-ring (bicyclic) bond motifs is 1. The van der Waals surface area contributed by atoms with E-state index in [2.05, 4.69) is 6.30 Å². The SMILES string of the molecule is C=P(O)(COc1c(-c2ccc(O)c(O)c2)oc2cc(O)ccc2c1=O)OCC. The number of phenols is 3. The minimum Gasteiger partial charge on any atom is -0.508 e. The quantitative estimate of drug-likeness (QED) is 0.363. The van der Waals surface area contributed by atoms with Crippen molar-refractivity contribution in [2.75, 3.05) is 13.0 Å². The topological polar surface area (TPSA) is 130 Å². The third kappa shape index (κ3) is 3.99. The van der Waals surface area contributed by atoms with E-state index in [0.717, 1.165) is 0 Å². The van der Waals surface area contributed by atoms with E-state index >= 15 is 0 Å². The predicted octanol–water partition coefficient (Wildman–Crippen LogP) is 3.22. The Kier molecular flexibility index (Phi) is 5.38. The lowest BCUT2D eigenvalue weighted by atomic mass is 10.1. The molecule has 0 fully saturated rings. The predicted molar refractivity (Wildman–Crippen MR) is 106 cm³/mol. The first-order valence-electron chi connectivity index (χ1n) is 8.26. The summed E-state index contributed by atoms with van der Waals surface area (Å²) in [5, 5.41) is 29.2. The maximum Gasteiger partial charge on any atom is 0.235 e. The number of hydrogen-bond acceptors (Lipinski definition) is 8. The maximum absolute atomic E-state index is 13.0. The van der Waals surface area contributed by atoms with E-state index < -0.39 is 18.5 Å². The fraction of sp³-hybridized carbons (Fsp3) is 0.158. The summed E-state index contributed by atoms with van der Waals surface area (Å²) in [4.78, 5) is 23.1. The smallest absolute Gasteiger partial charge is 0.235 e.